The first kappa shape index (κ1) is 12.1. The molecule has 1 aliphatic rings. The predicted molar refractivity (Wildman–Crippen MR) is 74.1 cm³/mol. The van der Waals surface area contributed by atoms with Crippen LogP contribution in [0.3, 0.4) is 0 Å². The van der Waals surface area contributed by atoms with Gasteiger partial charge in [-0.05, 0) is 42.8 Å². The number of hydrogen-bond acceptors (Lipinski definition) is 3. The molecule has 98 valence electrons. The van der Waals surface area contributed by atoms with Crippen LogP contribution in [-0.4, -0.2) is 18.6 Å². The van der Waals surface area contributed by atoms with Crippen molar-refractivity contribution in [3.63, 3.8) is 0 Å². The van der Waals surface area contributed by atoms with Crippen LogP contribution in [0, 0.1) is 5.82 Å². The van der Waals surface area contributed by atoms with Crippen LogP contribution in [0.25, 0.3) is 0 Å². The molecular weight excluding hydrogens is 241 g/mol. The lowest BCUT2D eigenvalue weighted by molar-refractivity contribution is 0.628. The van der Waals surface area contributed by atoms with Gasteiger partial charge in [0, 0.05) is 25.0 Å². The van der Waals surface area contributed by atoms with Gasteiger partial charge in [-0.2, -0.15) is 0 Å². The molecule has 1 aliphatic heterocycles. The standard InChI is InChI=1S/C15H16FN3/c1-17-9-12-4-6-18-10-15(12)19-7-5-11-2-3-13(16)8-14(11)19/h2-4,6,8,10,17H,5,7,9H2,1H3. The molecule has 4 heteroatoms. The highest BCUT2D eigenvalue weighted by atomic mass is 19.1. The number of halogens is 1. The molecule has 0 unspecified atom stereocenters. The Kier molecular flexibility index (Phi) is 3.17. The zero-order chi connectivity index (χ0) is 13.2. The Bertz CT molecular complexity index is 598. The lowest BCUT2D eigenvalue weighted by Crippen LogP contribution is -2.17. The molecule has 0 aliphatic carbocycles. The van der Waals surface area contributed by atoms with E-state index in [4.69, 9.17) is 0 Å². The van der Waals surface area contributed by atoms with E-state index in [-0.39, 0.29) is 5.82 Å². The molecule has 1 aromatic heterocycles. The van der Waals surface area contributed by atoms with Crippen LogP contribution in [0.15, 0.2) is 36.7 Å². The summed E-state index contributed by atoms with van der Waals surface area (Å²) in [7, 11) is 1.92. The lowest BCUT2D eigenvalue weighted by Gasteiger charge is -2.22. The average molecular weight is 257 g/mol. The van der Waals surface area contributed by atoms with Crippen molar-refractivity contribution in [1.82, 2.24) is 10.3 Å². The van der Waals surface area contributed by atoms with Gasteiger partial charge in [0.2, 0.25) is 0 Å². The fourth-order valence-corrected chi connectivity index (χ4v) is 2.60. The van der Waals surface area contributed by atoms with Crippen LogP contribution in [0.4, 0.5) is 15.8 Å². The van der Waals surface area contributed by atoms with Crippen molar-refractivity contribution in [2.45, 2.75) is 13.0 Å². The Morgan fingerprint density at radius 3 is 3.05 bits per heavy atom. The summed E-state index contributed by atoms with van der Waals surface area (Å²) < 4.78 is 13.4. The number of aromatic nitrogens is 1. The molecule has 19 heavy (non-hydrogen) atoms. The molecule has 0 fully saturated rings. The molecule has 0 spiro atoms. The molecule has 2 aromatic rings. The molecule has 0 saturated carbocycles. The van der Waals surface area contributed by atoms with Crippen LogP contribution >= 0.6 is 0 Å². The lowest BCUT2D eigenvalue weighted by atomic mass is 10.1. The number of pyridine rings is 1. The molecule has 3 nitrogen and oxygen atoms in total. The minimum atomic E-state index is -0.190. The van der Waals surface area contributed by atoms with E-state index >= 15 is 0 Å². The number of benzene rings is 1. The van der Waals surface area contributed by atoms with E-state index < -0.39 is 0 Å². The van der Waals surface area contributed by atoms with Gasteiger partial charge >= 0.3 is 0 Å². The maximum Gasteiger partial charge on any atom is 0.125 e. The van der Waals surface area contributed by atoms with Crippen molar-refractivity contribution in [2.24, 2.45) is 0 Å². The third-order valence-corrected chi connectivity index (χ3v) is 3.49. The summed E-state index contributed by atoms with van der Waals surface area (Å²) in [6, 6.07) is 7.01. The van der Waals surface area contributed by atoms with E-state index in [0.717, 1.165) is 30.9 Å². The normalized spacial score (nSPS) is 13.7. The third kappa shape index (κ3) is 2.19. The Balaban J connectivity index is 2.04. The molecule has 0 atom stereocenters. The maximum atomic E-state index is 13.4. The van der Waals surface area contributed by atoms with Crippen LogP contribution in [0.2, 0.25) is 0 Å². The highest BCUT2D eigenvalue weighted by Crippen LogP contribution is 2.36. The first-order valence-corrected chi connectivity index (χ1v) is 6.43. The van der Waals surface area contributed by atoms with Crippen molar-refractivity contribution in [1.29, 1.82) is 0 Å². The number of nitrogens with zero attached hydrogens (tertiary/aromatic N) is 2. The molecule has 0 amide bonds. The van der Waals surface area contributed by atoms with E-state index in [0.29, 0.717) is 0 Å². The van der Waals surface area contributed by atoms with Crippen molar-refractivity contribution >= 4 is 11.4 Å². The predicted octanol–water partition coefficient (Wildman–Crippen LogP) is 2.63. The average Bonchev–Trinajstić information content (AvgIpc) is 2.82. The van der Waals surface area contributed by atoms with Gasteiger partial charge < -0.3 is 10.2 Å². The highest BCUT2D eigenvalue weighted by Gasteiger charge is 2.22. The maximum absolute atomic E-state index is 13.4. The fourth-order valence-electron chi connectivity index (χ4n) is 2.60. The highest BCUT2D eigenvalue weighted by molar-refractivity contribution is 5.71. The van der Waals surface area contributed by atoms with Crippen molar-refractivity contribution < 1.29 is 4.39 Å². The molecular formula is C15H16FN3. The first-order valence-electron chi connectivity index (χ1n) is 6.43. The van der Waals surface area contributed by atoms with Gasteiger partial charge in [-0.1, -0.05) is 6.07 Å². The Hall–Kier alpha value is -1.94. The van der Waals surface area contributed by atoms with E-state index in [9.17, 15) is 4.39 Å². The minimum absolute atomic E-state index is 0.190. The van der Waals surface area contributed by atoms with E-state index in [1.807, 2.05) is 25.4 Å². The van der Waals surface area contributed by atoms with E-state index in [2.05, 4.69) is 15.2 Å². The Labute approximate surface area is 112 Å². The summed E-state index contributed by atoms with van der Waals surface area (Å²) in [4.78, 5) is 6.36. The summed E-state index contributed by atoms with van der Waals surface area (Å²) >= 11 is 0. The summed E-state index contributed by atoms with van der Waals surface area (Å²) in [5, 5.41) is 3.15. The van der Waals surface area contributed by atoms with Crippen LogP contribution < -0.4 is 10.2 Å². The largest absolute Gasteiger partial charge is 0.339 e. The van der Waals surface area contributed by atoms with Crippen molar-refractivity contribution in [2.75, 3.05) is 18.5 Å². The molecule has 0 radical (unpaired) electrons. The van der Waals surface area contributed by atoms with Crippen molar-refractivity contribution in [3.8, 4) is 0 Å². The first-order chi connectivity index (χ1) is 9.29. The Morgan fingerprint density at radius 1 is 1.32 bits per heavy atom. The molecule has 1 N–H and O–H groups in total. The SMILES string of the molecule is CNCc1ccncc1N1CCc2ccc(F)cc21. The monoisotopic (exact) mass is 257 g/mol. The minimum Gasteiger partial charge on any atom is -0.339 e. The quantitative estimate of drug-likeness (QED) is 0.916. The number of nitrogens with one attached hydrogen (secondary N) is 1. The van der Waals surface area contributed by atoms with Crippen molar-refractivity contribution in [3.05, 3.63) is 53.6 Å². The number of rotatable bonds is 3. The Morgan fingerprint density at radius 2 is 2.21 bits per heavy atom. The summed E-state index contributed by atoms with van der Waals surface area (Å²) in [6.07, 6.45) is 4.59. The molecule has 0 bridgehead atoms. The van der Waals surface area contributed by atoms with Gasteiger partial charge in [-0.3, -0.25) is 4.98 Å². The number of hydrogen-bond donors (Lipinski definition) is 1. The zero-order valence-electron chi connectivity index (χ0n) is 10.9. The molecule has 2 heterocycles. The molecule has 1 aromatic carbocycles. The van der Waals surface area contributed by atoms with Crippen LogP contribution in [-0.2, 0) is 13.0 Å². The summed E-state index contributed by atoms with van der Waals surface area (Å²) in [5.41, 5.74) is 4.39. The second-order valence-electron chi connectivity index (χ2n) is 4.71. The van der Waals surface area contributed by atoms with Crippen LogP contribution in [0.5, 0.6) is 0 Å². The second kappa shape index (κ2) is 4.97. The van der Waals surface area contributed by atoms with Gasteiger partial charge in [0.1, 0.15) is 5.82 Å². The molecule has 0 saturated heterocycles. The summed E-state index contributed by atoms with van der Waals surface area (Å²) in [5.74, 6) is -0.190. The van der Waals surface area contributed by atoms with Gasteiger partial charge in [0.05, 0.1) is 11.9 Å². The van der Waals surface area contributed by atoms with Gasteiger partial charge in [0.15, 0.2) is 0 Å². The third-order valence-electron chi connectivity index (χ3n) is 3.49. The zero-order valence-corrected chi connectivity index (χ0v) is 10.9. The van der Waals surface area contributed by atoms with Gasteiger partial charge in [-0.25, -0.2) is 4.39 Å². The van der Waals surface area contributed by atoms with E-state index in [1.54, 1.807) is 12.3 Å². The fraction of sp³-hybridized carbons (Fsp3) is 0.267. The molecule has 3 rings (SSSR count). The van der Waals surface area contributed by atoms with Crippen LogP contribution in [0.1, 0.15) is 11.1 Å². The smallest absolute Gasteiger partial charge is 0.125 e. The van der Waals surface area contributed by atoms with E-state index in [1.165, 1.54) is 17.2 Å². The van der Waals surface area contributed by atoms with Gasteiger partial charge in [-0.15, -0.1) is 0 Å². The summed E-state index contributed by atoms with van der Waals surface area (Å²) in [6.45, 7) is 1.65. The second-order valence-corrected chi connectivity index (χ2v) is 4.71. The van der Waals surface area contributed by atoms with Gasteiger partial charge in [0.25, 0.3) is 0 Å². The number of fused-ring (bicyclic) bond motifs is 1. The number of anilines is 2. The topological polar surface area (TPSA) is 28.2 Å².